The van der Waals surface area contributed by atoms with E-state index in [1.807, 2.05) is 0 Å². The van der Waals surface area contributed by atoms with E-state index in [1.165, 1.54) is 6.07 Å². The van der Waals surface area contributed by atoms with Crippen molar-refractivity contribution in [2.45, 2.75) is 0 Å². The van der Waals surface area contributed by atoms with Crippen LogP contribution in [0.2, 0.25) is 0 Å². The third-order valence-electron chi connectivity index (χ3n) is 2.47. The van der Waals surface area contributed by atoms with Gasteiger partial charge in [-0.2, -0.15) is 0 Å². The molecule has 1 aromatic heterocycles. The van der Waals surface area contributed by atoms with E-state index in [9.17, 15) is 14.9 Å². The molecular weight excluding hydrogens is 276 g/mol. The minimum atomic E-state index is -0.725. The van der Waals surface area contributed by atoms with Crippen molar-refractivity contribution in [1.29, 1.82) is 0 Å². The maximum absolute atomic E-state index is 12.0. The number of aliphatic hydroxyl groups excluding tert-OH is 1. The predicted octanol–water partition coefficient (Wildman–Crippen LogP) is 1.78. The first-order chi connectivity index (χ1) is 10.1. The monoisotopic (exact) mass is 286 g/mol. The Hall–Kier alpha value is -3.11. The number of carbonyl (C=O) groups is 1. The van der Waals surface area contributed by atoms with Crippen molar-refractivity contribution in [3.05, 3.63) is 57.8 Å². The van der Waals surface area contributed by atoms with E-state index in [0.29, 0.717) is 11.3 Å². The number of hydrogen-bond acceptors (Lipinski definition) is 5. The first-order valence-electron chi connectivity index (χ1n) is 5.86. The number of hydrogen-bond donors (Lipinski definition) is 2. The van der Waals surface area contributed by atoms with E-state index in [-0.39, 0.29) is 12.4 Å². The van der Waals surface area contributed by atoms with Crippen LogP contribution in [-0.4, -0.2) is 22.5 Å². The molecule has 0 unspecified atom stereocenters. The zero-order valence-electron chi connectivity index (χ0n) is 10.7. The van der Waals surface area contributed by atoms with Crippen LogP contribution in [0.25, 0.3) is 0 Å². The van der Waals surface area contributed by atoms with Crippen LogP contribution in [0.4, 0.5) is 11.6 Å². The summed E-state index contributed by atoms with van der Waals surface area (Å²) in [7, 11) is 0. The number of carbonyl (C=O) groups excluding carboxylic acids is 1. The van der Waals surface area contributed by atoms with E-state index in [4.69, 9.17) is 9.52 Å². The number of aliphatic hydroxyl groups is 1. The molecule has 1 heterocycles. The van der Waals surface area contributed by atoms with Crippen molar-refractivity contribution >= 4 is 17.5 Å². The summed E-state index contributed by atoms with van der Waals surface area (Å²) in [4.78, 5) is 21.7. The summed E-state index contributed by atoms with van der Waals surface area (Å²) in [5.41, 5.74) is 0.934. The number of nitro groups is 1. The Morgan fingerprint density at radius 3 is 2.76 bits per heavy atom. The van der Waals surface area contributed by atoms with E-state index in [1.54, 1.807) is 24.3 Å². The molecule has 2 aromatic rings. The summed E-state index contributed by atoms with van der Waals surface area (Å²) < 4.78 is 4.81. The highest BCUT2D eigenvalue weighted by atomic mass is 16.6. The molecule has 0 spiro atoms. The highest BCUT2D eigenvalue weighted by molar-refractivity contribution is 6.03. The van der Waals surface area contributed by atoms with Crippen LogP contribution in [0.15, 0.2) is 40.8 Å². The molecule has 1 amide bonds. The van der Waals surface area contributed by atoms with Gasteiger partial charge in [0.2, 0.25) is 0 Å². The molecule has 1 aromatic carbocycles. The van der Waals surface area contributed by atoms with Crippen molar-refractivity contribution < 1.29 is 19.2 Å². The highest BCUT2D eigenvalue weighted by Gasteiger charge is 2.17. The Kier molecular flexibility index (Phi) is 4.33. The van der Waals surface area contributed by atoms with Crippen LogP contribution in [0.1, 0.15) is 16.1 Å². The minimum Gasteiger partial charge on any atom is -0.395 e. The molecule has 0 radical (unpaired) electrons. The number of nitrogens with one attached hydrogen (secondary N) is 1. The Labute approximate surface area is 119 Å². The summed E-state index contributed by atoms with van der Waals surface area (Å²) in [6.07, 6.45) is 0. The van der Waals surface area contributed by atoms with Gasteiger partial charge < -0.3 is 14.8 Å². The van der Waals surface area contributed by atoms with Gasteiger partial charge in [0.1, 0.15) is 11.5 Å². The Morgan fingerprint density at radius 1 is 1.33 bits per heavy atom. The van der Waals surface area contributed by atoms with Crippen LogP contribution in [0.3, 0.4) is 0 Å². The number of rotatable bonds is 3. The molecule has 0 atom stereocenters. The quantitative estimate of drug-likeness (QED) is 0.508. The molecule has 0 bridgehead atoms. The van der Waals surface area contributed by atoms with Crippen LogP contribution in [0.5, 0.6) is 0 Å². The van der Waals surface area contributed by atoms with E-state index < -0.39 is 16.7 Å². The molecule has 106 valence electrons. The Morgan fingerprint density at radius 2 is 2.10 bits per heavy atom. The molecule has 0 saturated heterocycles. The zero-order valence-corrected chi connectivity index (χ0v) is 10.7. The second kappa shape index (κ2) is 6.36. The predicted molar refractivity (Wildman–Crippen MR) is 73.7 cm³/mol. The van der Waals surface area contributed by atoms with Crippen molar-refractivity contribution in [2.75, 3.05) is 11.9 Å². The standard InChI is InChI=1S/C14H10N2O5/c17-9-3-5-10-4-1-2-6-11(10)15-14(18)12-7-8-13(21-12)16(19)20/h1-2,4,6-8,17H,9H2,(H,15,18). The first kappa shape index (κ1) is 14.3. The summed E-state index contributed by atoms with van der Waals surface area (Å²) in [5.74, 6) is 3.86. The molecule has 0 saturated carbocycles. The van der Waals surface area contributed by atoms with Crippen LogP contribution in [0, 0.1) is 22.0 Å². The van der Waals surface area contributed by atoms with Gasteiger partial charge in [-0.05, 0) is 18.2 Å². The third kappa shape index (κ3) is 3.46. The molecule has 21 heavy (non-hydrogen) atoms. The van der Waals surface area contributed by atoms with Gasteiger partial charge in [-0.15, -0.1) is 0 Å². The largest absolute Gasteiger partial charge is 0.433 e. The molecule has 0 aliphatic carbocycles. The second-order valence-corrected chi connectivity index (χ2v) is 3.85. The maximum atomic E-state index is 12.0. The average Bonchev–Trinajstić information content (AvgIpc) is 2.96. The van der Waals surface area contributed by atoms with Crippen molar-refractivity contribution in [3.63, 3.8) is 0 Å². The van der Waals surface area contributed by atoms with Gasteiger partial charge in [-0.3, -0.25) is 14.9 Å². The summed E-state index contributed by atoms with van der Waals surface area (Å²) in [5, 5.41) is 21.7. The minimum absolute atomic E-state index is 0.174. The molecular formula is C14H10N2O5. The Balaban J connectivity index is 2.21. The summed E-state index contributed by atoms with van der Waals surface area (Å²) in [6.45, 7) is -0.299. The molecule has 0 aliphatic rings. The van der Waals surface area contributed by atoms with Crippen molar-refractivity contribution in [3.8, 4) is 11.8 Å². The second-order valence-electron chi connectivity index (χ2n) is 3.85. The topological polar surface area (TPSA) is 106 Å². The fourth-order valence-corrected chi connectivity index (χ4v) is 1.57. The maximum Gasteiger partial charge on any atom is 0.433 e. The average molecular weight is 286 g/mol. The first-order valence-corrected chi connectivity index (χ1v) is 5.86. The Bertz CT molecular complexity index is 739. The number of anilines is 1. The fourth-order valence-electron chi connectivity index (χ4n) is 1.57. The van der Waals surface area contributed by atoms with E-state index in [2.05, 4.69) is 17.2 Å². The van der Waals surface area contributed by atoms with E-state index >= 15 is 0 Å². The number of benzene rings is 1. The molecule has 0 fully saturated rings. The van der Waals surface area contributed by atoms with Gasteiger partial charge in [-0.25, -0.2) is 0 Å². The summed E-state index contributed by atoms with van der Waals surface area (Å²) >= 11 is 0. The molecule has 7 nitrogen and oxygen atoms in total. The number of amides is 1. The number of furan rings is 1. The summed E-state index contributed by atoms with van der Waals surface area (Å²) in [6, 6.07) is 9.04. The van der Waals surface area contributed by atoms with Gasteiger partial charge in [-0.1, -0.05) is 24.0 Å². The van der Waals surface area contributed by atoms with Crippen LogP contribution in [-0.2, 0) is 0 Å². The molecule has 7 heteroatoms. The zero-order chi connectivity index (χ0) is 15.2. The van der Waals surface area contributed by atoms with Gasteiger partial charge in [0.15, 0.2) is 5.76 Å². The molecule has 0 aliphatic heterocycles. The van der Waals surface area contributed by atoms with Crippen LogP contribution >= 0.6 is 0 Å². The fraction of sp³-hybridized carbons (Fsp3) is 0.0714. The lowest BCUT2D eigenvalue weighted by atomic mass is 10.2. The van der Waals surface area contributed by atoms with Gasteiger partial charge in [0.25, 0.3) is 5.91 Å². The molecule has 2 N–H and O–H groups in total. The normalized spacial score (nSPS) is 9.57. The van der Waals surface area contributed by atoms with Crippen molar-refractivity contribution in [2.24, 2.45) is 0 Å². The lowest BCUT2D eigenvalue weighted by Crippen LogP contribution is -2.11. The smallest absolute Gasteiger partial charge is 0.395 e. The van der Waals surface area contributed by atoms with Crippen molar-refractivity contribution in [1.82, 2.24) is 0 Å². The SMILES string of the molecule is O=C(Nc1ccccc1C#CCO)c1ccc([N+](=O)[O-])o1. The lowest BCUT2D eigenvalue weighted by molar-refractivity contribution is -0.402. The van der Waals surface area contributed by atoms with Gasteiger partial charge >= 0.3 is 5.88 Å². The van der Waals surface area contributed by atoms with Gasteiger partial charge in [0, 0.05) is 5.56 Å². The lowest BCUT2D eigenvalue weighted by Gasteiger charge is -2.05. The third-order valence-corrected chi connectivity index (χ3v) is 2.47. The molecule has 2 rings (SSSR count). The number of para-hydroxylation sites is 1. The number of nitrogens with zero attached hydrogens (tertiary/aromatic N) is 1. The van der Waals surface area contributed by atoms with Crippen LogP contribution < -0.4 is 5.32 Å². The van der Waals surface area contributed by atoms with E-state index in [0.717, 1.165) is 6.07 Å². The highest BCUT2D eigenvalue weighted by Crippen LogP contribution is 2.19. The van der Waals surface area contributed by atoms with Gasteiger partial charge in [0.05, 0.1) is 11.8 Å².